The molecule has 31 heavy (non-hydrogen) atoms. The molecule has 0 radical (unpaired) electrons. The van der Waals surface area contributed by atoms with Gasteiger partial charge in [0.15, 0.2) is 0 Å². The first-order valence-electron chi connectivity index (χ1n) is 13.6. The van der Waals surface area contributed by atoms with E-state index < -0.39 is 5.60 Å². The van der Waals surface area contributed by atoms with Gasteiger partial charge in [0.1, 0.15) is 0 Å². The van der Waals surface area contributed by atoms with Gasteiger partial charge >= 0.3 is 0 Å². The van der Waals surface area contributed by atoms with Crippen LogP contribution in [0, 0.1) is 39.9 Å². The Hall–Kier alpha value is -0.340. The number of hydrogen-bond donors (Lipinski definition) is 2. The van der Waals surface area contributed by atoms with Crippen molar-refractivity contribution in [3.05, 3.63) is 11.6 Å². The third-order valence-electron chi connectivity index (χ3n) is 11.9. The van der Waals surface area contributed by atoms with Crippen molar-refractivity contribution in [2.24, 2.45) is 39.9 Å². The Morgan fingerprint density at radius 3 is 2.52 bits per heavy atom. The van der Waals surface area contributed by atoms with Crippen LogP contribution in [0.4, 0.5) is 0 Å². The summed E-state index contributed by atoms with van der Waals surface area (Å²) >= 11 is 0. The van der Waals surface area contributed by atoms with E-state index in [2.05, 4.69) is 40.7 Å². The maximum Gasteiger partial charge on any atom is 0.0617 e. The second kappa shape index (κ2) is 8.15. The Bertz CT molecular complexity index is 695. The van der Waals surface area contributed by atoms with Crippen LogP contribution in [0.5, 0.6) is 0 Å². The first-order chi connectivity index (χ1) is 14.5. The van der Waals surface area contributed by atoms with E-state index in [0.717, 1.165) is 55.8 Å². The van der Waals surface area contributed by atoms with Gasteiger partial charge in [-0.3, -0.25) is 0 Å². The lowest BCUT2D eigenvalue weighted by Crippen LogP contribution is -2.53. The largest absolute Gasteiger partial charge is 0.393 e. The number of rotatable bonds is 6. The fourth-order valence-corrected chi connectivity index (χ4v) is 9.04. The molecular formula is C29H50O2. The highest BCUT2D eigenvalue weighted by molar-refractivity contribution is 5.26. The molecule has 0 aliphatic heterocycles. The highest BCUT2D eigenvalue weighted by Gasteiger charge is 2.63. The van der Waals surface area contributed by atoms with Crippen molar-refractivity contribution in [1.82, 2.24) is 0 Å². The standard InChI is InChI=1S/C29H50O2/c1-7-26(3,31)15-8-9-20(2)28(5)17-14-25-23-11-10-21-19-22(30)12-16-27(21,4)24(23)13-18-29(25,28)6/h10,20,22-25,30-31H,7-9,11-19H2,1-6H3. The number of allylic oxidation sites excluding steroid dienone is 1. The van der Waals surface area contributed by atoms with E-state index in [1.54, 1.807) is 5.57 Å². The molecule has 9 unspecified atom stereocenters. The highest BCUT2D eigenvalue weighted by Crippen LogP contribution is 2.71. The topological polar surface area (TPSA) is 40.5 Å². The van der Waals surface area contributed by atoms with Crippen LogP contribution in [0.15, 0.2) is 11.6 Å². The van der Waals surface area contributed by atoms with Crippen LogP contribution in [0.25, 0.3) is 0 Å². The monoisotopic (exact) mass is 430 g/mol. The lowest BCUT2D eigenvalue weighted by atomic mass is 9.44. The minimum atomic E-state index is -0.490. The summed E-state index contributed by atoms with van der Waals surface area (Å²) in [6.45, 7) is 14.4. The van der Waals surface area contributed by atoms with E-state index in [1.165, 1.54) is 44.9 Å². The second-order valence-electron chi connectivity index (χ2n) is 13.2. The summed E-state index contributed by atoms with van der Waals surface area (Å²) < 4.78 is 0. The molecule has 4 rings (SSSR count). The molecule has 0 bridgehead atoms. The summed E-state index contributed by atoms with van der Waals surface area (Å²) in [7, 11) is 0. The van der Waals surface area contributed by atoms with Crippen molar-refractivity contribution in [2.45, 2.75) is 130 Å². The number of aliphatic hydroxyl groups is 2. The smallest absolute Gasteiger partial charge is 0.0617 e. The zero-order valence-electron chi connectivity index (χ0n) is 21.3. The second-order valence-corrected chi connectivity index (χ2v) is 13.2. The van der Waals surface area contributed by atoms with E-state index in [9.17, 15) is 10.2 Å². The lowest BCUT2D eigenvalue weighted by Gasteiger charge is -2.60. The molecule has 0 heterocycles. The van der Waals surface area contributed by atoms with Gasteiger partial charge in [0, 0.05) is 0 Å². The molecule has 2 heteroatoms. The minimum absolute atomic E-state index is 0.103. The molecule has 4 aliphatic carbocycles. The van der Waals surface area contributed by atoms with Crippen LogP contribution in [0.1, 0.15) is 119 Å². The molecule has 3 fully saturated rings. The summed E-state index contributed by atoms with van der Waals surface area (Å²) in [5.41, 5.74) is 2.33. The van der Waals surface area contributed by atoms with Crippen LogP contribution in [0.2, 0.25) is 0 Å². The molecule has 0 aromatic heterocycles. The fourth-order valence-electron chi connectivity index (χ4n) is 9.04. The molecule has 0 aromatic rings. The molecule has 0 saturated heterocycles. The third kappa shape index (κ3) is 3.76. The van der Waals surface area contributed by atoms with Gasteiger partial charge in [-0.15, -0.1) is 0 Å². The van der Waals surface area contributed by atoms with Gasteiger partial charge in [0.25, 0.3) is 0 Å². The number of hydrogen-bond acceptors (Lipinski definition) is 2. The Morgan fingerprint density at radius 2 is 1.81 bits per heavy atom. The molecule has 0 aromatic carbocycles. The molecule has 2 nitrogen and oxygen atoms in total. The van der Waals surface area contributed by atoms with Crippen LogP contribution in [-0.4, -0.2) is 21.9 Å². The number of aliphatic hydroxyl groups excluding tert-OH is 1. The van der Waals surface area contributed by atoms with E-state index in [4.69, 9.17) is 0 Å². The quantitative estimate of drug-likeness (QED) is 0.434. The predicted octanol–water partition coefficient (Wildman–Crippen LogP) is 7.28. The maximum absolute atomic E-state index is 10.4. The van der Waals surface area contributed by atoms with Gasteiger partial charge in [-0.1, -0.05) is 59.1 Å². The normalized spacial score (nSPS) is 47.5. The lowest BCUT2D eigenvalue weighted by molar-refractivity contribution is -0.0893. The van der Waals surface area contributed by atoms with E-state index in [1.807, 2.05) is 6.92 Å². The number of fused-ring (bicyclic) bond motifs is 5. The summed E-state index contributed by atoms with van der Waals surface area (Å²) in [6, 6.07) is 0. The Morgan fingerprint density at radius 1 is 1.10 bits per heavy atom. The van der Waals surface area contributed by atoms with E-state index in [0.29, 0.717) is 16.2 Å². The average Bonchev–Trinajstić information content (AvgIpc) is 3.00. The van der Waals surface area contributed by atoms with Gasteiger partial charge in [-0.2, -0.15) is 0 Å². The Kier molecular flexibility index (Phi) is 6.26. The van der Waals surface area contributed by atoms with Crippen LogP contribution in [0.3, 0.4) is 0 Å². The molecule has 178 valence electrons. The maximum atomic E-state index is 10.4. The zero-order valence-corrected chi connectivity index (χ0v) is 21.3. The van der Waals surface area contributed by atoms with Gasteiger partial charge in [-0.25, -0.2) is 0 Å². The van der Waals surface area contributed by atoms with Crippen molar-refractivity contribution in [3.8, 4) is 0 Å². The van der Waals surface area contributed by atoms with Crippen molar-refractivity contribution in [3.63, 3.8) is 0 Å². The van der Waals surface area contributed by atoms with Gasteiger partial charge in [0.05, 0.1) is 11.7 Å². The summed E-state index contributed by atoms with van der Waals surface area (Å²) in [5, 5.41) is 20.7. The molecule has 4 aliphatic rings. The van der Waals surface area contributed by atoms with E-state index in [-0.39, 0.29) is 6.10 Å². The van der Waals surface area contributed by atoms with Crippen LogP contribution >= 0.6 is 0 Å². The van der Waals surface area contributed by atoms with Crippen molar-refractivity contribution in [1.29, 1.82) is 0 Å². The SMILES string of the molecule is CCC(C)(O)CCCC(C)C1(C)CCC2C3CC=C4CC(O)CCC4(C)C3CCC21C. The Balaban J connectivity index is 1.50. The van der Waals surface area contributed by atoms with Crippen molar-refractivity contribution >= 4 is 0 Å². The molecule has 3 saturated carbocycles. The summed E-state index contributed by atoms with van der Waals surface area (Å²) in [6.07, 6.45) is 16.6. The molecule has 2 N–H and O–H groups in total. The van der Waals surface area contributed by atoms with Crippen LogP contribution < -0.4 is 0 Å². The molecule has 0 amide bonds. The summed E-state index contributed by atoms with van der Waals surface area (Å²) in [5.74, 6) is 3.26. The van der Waals surface area contributed by atoms with E-state index >= 15 is 0 Å². The van der Waals surface area contributed by atoms with Gasteiger partial charge in [0.2, 0.25) is 0 Å². The third-order valence-corrected chi connectivity index (χ3v) is 11.9. The average molecular weight is 431 g/mol. The van der Waals surface area contributed by atoms with Gasteiger partial charge in [-0.05, 0) is 111 Å². The fraction of sp³-hybridized carbons (Fsp3) is 0.931. The predicted molar refractivity (Wildman–Crippen MR) is 130 cm³/mol. The van der Waals surface area contributed by atoms with Crippen LogP contribution in [-0.2, 0) is 0 Å². The van der Waals surface area contributed by atoms with Gasteiger partial charge < -0.3 is 10.2 Å². The summed E-state index contributed by atoms with van der Waals surface area (Å²) in [4.78, 5) is 0. The zero-order chi connectivity index (χ0) is 22.7. The first-order valence-corrected chi connectivity index (χ1v) is 13.6. The molecule has 0 spiro atoms. The van der Waals surface area contributed by atoms with Crippen molar-refractivity contribution in [2.75, 3.05) is 0 Å². The highest BCUT2D eigenvalue weighted by atomic mass is 16.3. The molecule has 9 atom stereocenters. The molecular weight excluding hydrogens is 380 g/mol. The first kappa shape index (κ1) is 23.8. The van der Waals surface area contributed by atoms with Crippen molar-refractivity contribution < 1.29 is 10.2 Å². The minimum Gasteiger partial charge on any atom is -0.393 e. The Labute approximate surface area is 192 Å².